The Morgan fingerprint density at radius 2 is 1.24 bits per heavy atom. The third-order valence-electron chi connectivity index (χ3n) is 8.41. The molecule has 0 radical (unpaired) electrons. The number of carbonyl (C=O) groups is 2. The highest BCUT2D eigenvalue weighted by Crippen LogP contribution is 2.33. The van der Waals surface area contributed by atoms with E-state index in [9.17, 15) is 19.7 Å². The second-order valence-corrected chi connectivity index (χ2v) is 16.0. The molecule has 6 rings (SSSR count). The zero-order chi connectivity index (χ0) is 39.4. The Morgan fingerprint density at radius 3 is 1.70 bits per heavy atom. The number of carbonyl (C=O) groups excluding carboxylic acids is 2. The van der Waals surface area contributed by atoms with Crippen LogP contribution in [0.15, 0.2) is 36.7 Å². The smallest absolute Gasteiger partial charge is 0.410 e. The number of hydrogen-bond acceptors (Lipinski definition) is 13. The van der Waals surface area contributed by atoms with E-state index in [0.717, 1.165) is 25.7 Å². The summed E-state index contributed by atoms with van der Waals surface area (Å²) < 4.78 is 10.9. The Balaban J connectivity index is 0.000000208. The Hall–Kier alpha value is -4.96. The highest BCUT2D eigenvalue weighted by Gasteiger charge is 2.31. The third kappa shape index (κ3) is 10.6. The fraction of sp³-hybridized carbons (Fsp3) is 0.500. The van der Waals surface area contributed by atoms with E-state index in [1.54, 1.807) is 34.2 Å². The van der Waals surface area contributed by atoms with Crippen molar-refractivity contribution in [2.24, 2.45) is 0 Å². The maximum Gasteiger partial charge on any atom is 0.410 e. The van der Waals surface area contributed by atoms with Crippen molar-refractivity contribution >= 4 is 80.2 Å². The topological polar surface area (TPSA) is 204 Å². The van der Waals surface area contributed by atoms with Gasteiger partial charge in [0.15, 0.2) is 0 Å². The lowest BCUT2D eigenvalue weighted by Crippen LogP contribution is -2.47. The number of nitrogen functional groups attached to an aromatic ring is 1. The van der Waals surface area contributed by atoms with Crippen LogP contribution in [0.5, 0.6) is 0 Å². The first-order valence-corrected chi connectivity index (χ1v) is 18.4. The van der Waals surface area contributed by atoms with Gasteiger partial charge in [-0.2, -0.15) is 0 Å². The fourth-order valence-corrected chi connectivity index (χ4v) is 6.40. The number of piperidine rings is 2. The van der Waals surface area contributed by atoms with Crippen molar-refractivity contribution in [2.75, 3.05) is 42.5 Å². The molecule has 2 atom stereocenters. The monoisotopic (exact) mass is 784 g/mol. The molecule has 0 spiro atoms. The number of pyridine rings is 4. The minimum absolute atomic E-state index is 0.0462. The van der Waals surface area contributed by atoms with Crippen molar-refractivity contribution in [2.45, 2.75) is 90.5 Å². The molecular formula is C36H46Cl2N10O6. The number of aromatic nitrogens is 4. The quantitative estimate of drug-likeness (QED) is 0.101. The predicted molar refractivity (Wildman–Crippen MR) is 209 cm³/mol. The molecule has 0 aromatic carbocycles. The van der Waals surface area contributed by atoms with Crippen molar-refractivity contribution in [1.29, 1.82) is 0 Å². The van der Waals surface area contributed by atoms with E-state index in [0.29, 0.717) is 64.8 Å². The van der Waals surface area contributed by atoms with E-state index in [-0.39, 0.29) is 34.7 Å². The molecule has 18 heteroatoms. The molecule has 4 aromatic heterocycles. The lowest BCUT2D eigenvalue weighted by Gasteiger charge is -2.35. The predicted octanol–water partition coefficient (Wildman–Crippen LogP) is 7.68. The number of nitro groups is 1. The van der Waals surface area contributed by atoms with Crippen LogP contribution in [0.25, 0.3) is 22.1 Å². The van der Waals surface area contributed by atoms with Gasteiger partial charge in [0.05, 0.1) is 33.5 Å². The van der Waals surface area contributed by atoms with Gasteiger partial charge in [-0.05, 0) is 91.5 Å². The minimum atomic E-state index is -0.585. The molecule has 2 aliphatic rings. The first kappa shape index (κ1) is 40.2. The number of ether oxygens (including phenoxy) is 2. The summed E-state index contributed by atoms with van der Waals surface area (Å²) in [6.45, 7) is 13.2. The summed E-state index contributed by atoms with van der Waals surface area (Å²) in [4.78, 5) is 56.0. The maximum absolute atomic E-state index is 12.4. The van der Waals surface area contributed by atoms with E-state index in [4.69, 9.17) is 38.4 Å². The number of likely N-dealkylation sites (tertiary alicyclic amines) is 2. The summed E-state index contributed by atoms with van der Waals surface area (Å²) >= 11 is 12.0. The Labute approximate surface area is 323 Å². The van der Waals surface area contributed by atoms with Gasteiger partial charge >= 0.3 is 17.9 Å². The maximum atomic E-state index is 12.4. The molecule has 6 heterocycles. The summed E-state index contributed by atoms with van der Waals surface area (Å²) in [5.41, 5.74) is 8.47. The molecule has 2 unspecified atom stereocenters. The summed E-state index contributed by atoms with van der Waals surface area (Å²) in [5, 5.41) is 18.7. The van der Waals surface area contributed by atoms with Gasteiger partial charge in [0, 0.05) is 38.3 Å². The van der Waals surface area contributed by atoms with Crippen LogP contribution in [-0.4, -0.2) is 96.3 Å². The molecule has 2 amide bonds. The zero-order valence-corrected chi connectivity index (χ0v) is 32.7. The van der Waals surface area contributed by atoms with Gasteiger partial charge < -0.3 is 35.6 Å². The van der Waals surface area contributed by atoms with Crippen LogP contribution in [0.2, 0.25) is 10.3 Å². The average molecular weight is 786 g/mol. The fourth-order valence-electron chi connectivity index (χ4n) is 6.10. The minimum Gasteiger partial charge on any atom is -0.444 e. The van der Waals surface area contributed by atoms with Crippen molar-refractivity contribution < 1.29 is 24.0 Å². The molecule has 0 saturated carbocycles. The molecular weight excluding hydrogens is 739 g/mol. The number of nitrogens with two attached hydrogens (primary N) is 1. The summed E-state index contributed by atoms with van der Waals surface area (Å²) in [6.07, 6.45) is 5.43. The molecule has 0 bridgehead atoms. The zero-order valence-electron chi connectivity index (χ0n) is 31.2. The highest BCUT2D eigenvalue weighted by atomic mass is 35.5. The largest absolute Gasteiger partial charge is 0.444 e. The Kier molecular flexibility index (Phi) is 12.4. The average Bonchev–Trinajstić information content (AvgIpc) is 3.09. The number of anilines is 3. The van der Waals surface area contributed by atoms with E-state index in [1.807, 2.05) is 47.6 Å². The molecule has 2 aliphatic heterocycles. The van der Waals surface area contributed by atoms with Gasteiger partial charge in [-0.3, -0.25) is 15.1 Å². The number of nitrogens with zero attached hydrogens (tertiary/aromatic N) is 7. The normalized spacial score (nSPS) is 17.7. The lowest BCUT2D eigenvalue weighted by atomic mass is 10.1. The molecule has 4 aromatic rings. The Morgan fingerprint density at radius 1 is 0.796 bits per heavy atom. The number of fused-ring (bicyclic) bond motifs is 2. The van der Waals surface area contributed by atoms with Crippen LogP contribution in [0, 0.1) is 10.1 Å². The second-order valence-electron chi connectivity index (χ2n) is 15.2. The van der Waals surface area contributed by atoms with Gasteiger partial charge in [-0.25, -0.2) is 24.5 Å². The second kappa shape index (κ2) is 16.6. The standard InChI is InChI=1S/C18H22ClN5O4.C18H24ClN5O2/c1-18(2,3)28-17(25)23-8-4-5-11(10-23)21-16-13(24(26)27)9-20-12-6-7-14(19)22-15(12)16;1-18(2,3)26-17(25)24-8-4-5-11(10-24)22-15-12(20)9-21-13-6-7-14(19)23-16(13)15/h6-7,9,11H,4-5,8,10H2,1-3H3,(H,20,21);6-7,9,11H,4-5,8,10,20H2,1-3H3,(H,21,22). The van der Waals surface area contributed by atoms with Gasteiger partial charge in [-0.1, -0.05) is 23.2 Å². The van der Waals surface area contributed by atoms with E-state index >= 15 is 0 Å². The molecule has 16 nitrogen and oxygen atoms in total. The van der Waals surface area contributed by atoms with Gasteiger partial charge in [-0.15, -0.1) is 0 Å². The van der Waals surface area contributed by atoms with Crippen molar-refractivity contribution in [3.05, 3.63) is 57.1 Å². The van der Waals surface area contributed by atoms with Crippen molar-refractivity contribution in [3.8, 4) is 0 Å². The third-order valence-corrected chi connectivity index (χ3v) is 8.83. The van der Waals surface area contributed by atoms with Crippen LogP contribution in [0.4, 0.5) is 32.3 Å². The van der Waals surface area contributed by atoms with Crippen LogP contribution < -0.4 is 16.4 Å². The molecule has 0 aliphatic carbocycles. The van der Waals surface area contributed by atoms with E-state index in [1.165, 1.54) is 6.20 Å². The highest BCUT2D eigenvalue weighted by molar-refractivity contribution is 6.30. The molecule has 2 saturated heterocycles. The number of hydrogen-bond donors (Lipinski definition) is 3. The van der Waals surface area contributed by atoms with Crippen LogP contribution in [0.1, 0.15) is 67.2 Å². The van der Waals surface area contributed by atoms with Gasteiger partial charge in [0.25, 0.3) is 0 Å². The number of rotatable bonds is 5. The van der Waals surface area contributed by atoms with Crippen LogP contribution in [-0.2, 0) is 9.47 Å². The van der Waals surface area contributed by atoms with Crippen molar-refractivity contribution in [1.82, 2.24) is 29.7 Å². The first-order valence-electron chi connectivity index (χ1n) is 17.7. The first-order chi connectivity index (χ1) is 25.4. The molecule has 290 valence electrons. The van der Waals surface area contributed by atoms with E-state index < -0.39 is 22.2 Å². The SMILES string of the molecule is CC(C)(C)OC(=O)N1CCCC(Nc2c(N)cnc3ccc(Cl)nc23)C1.CC(C)(C)OC(=O)N1CCCC(Nc2c([N+](=O)[O-])cnc3ccc(Cl)nc23)C1. The summed E-state index contributed by atoms with van der Waals surface area (Å²) in [5.74, 6) is 0. The Bertz CT molecular complexity index is 2020. The van der Waals surface area contributed by atoms with Crippen LogP contribution in [0.3, 0.4) is 0 Å². The number of nitrogens with one attached hydrogen (secondary N) is 2. The van der Waals surface area contributed by atoms with E-state index in [2.05, 4.69) is 30.6 Å². The number of amides is 2. The molecule has 4 N–H and O–H groups in total. The summed E-state index contributed by atoms with van der Waals surface area (Å²) in [6, 6.07) is 6.60. The van der Waals surface area contributed by atoms with Crippen molar-refractivity contribution in [3.63, 3.8) is 0 Å². The summed E-state index contributed by atoms with van der Waals surface area (Å²) in [7, 11) is 0. The van der Waals surface area contributed by atoms with Gasteiger partial charge in [0.1, 0.15) is 44.4 Å². The van der Waals surface area contributed by atoms with Crippen LogP contribution >= 0.6 is 23.2 Å². The number of halogens is 2. The molecule has 54 heavy (non-hydrogen) atoms. The van der Waals surface area contributed by atoms with Gasteiger partial charge in [0.2, 0.25) is 0 Å². The lowest BCUT2D eigenvalue weighted by molar-refractivity contribution is -0.384. The molecule has 2 fully saturated rings.